The Balaban J connectivity index is 1.96. The van der Waals surface area contributed by atoms with Gasteiger partial charge in [-0.2, -0.15) is 0 Å². The summed E-state index contributed by atoms with van der Waals surface area (Å²) in [6.07, 6.45) is 5.40. The lowest BCUT2D eigenvalue weighted by molar-refractivity contribution is -0.226. The van der Waals surface area contributed by atoms with E-state index in [2.05, 4.69) is 0 Å². The molecule has 0 spiro atoms. The van der Waals surface area contributed by atoms with Crippen molar-refractivity contribution >= 4 is 17.7 Å². The second-order valence-electron chi connectivity index (χ2n) is 12.1. The van der Waals surface area contributed by atoms with Gasteiger partial charge in [0.25, 0.3) is 0 Å². The van der Waals surface area contributed by atoms with Gasteiger partial charge in [-0.05, 0) is 45.8 Å². The van der Waals surface area contributed by atoms with Gasteiger partial charge in [-0.25, -0.2) is 9.59 Å². The molecule has 38 heavy (non-hydrogen) atoms. The van der Waals surface area contributed by atoms with Crippen LogP contribution in [0.4, 0.5) is 0 Å². The highest BCUT2D eigenvalue weighted by Gasteiger charge is 2.88. The molecular formula is C30H40O8. The topological polar surface area (TPSA) is 130 Å². The van der Waals surface area contributed by atoms with E-state index in [1.165, 1.54) is 0 Å². The third kappa shape index (κ3) is 3.49. The minimum absolute atomic E-state index is 0.133. The Morgan fingerprint density at radius 3 is 2.21 bits per heavy atom. The molecule has 2 saturated carbocycles. The molecule has 0 saturated heterocycles. The minimum Gasteiger partial charge on any atom is -0.454 e. The summed E-state index contributed by atoms with van der Waals surface area (Å²) in [4.78, 5) is 39.5. The Kier molecular flexibility index (Phi) is 6.74. The summed E-state index contributed by atoms with van der Waals surface area (Å²) < 4.78 is 12.3. The van der Waals surface area contributed by atoms with Gasteiger partial charge in [-0.1, -0.05) is 45.1 Å². The smallest absolute Gasteiger partial charge is 0.334 e. The molecule has 208 valence electrons. The first-order chi connectivity index (χ1) is 17.6. The predicted octanol–water partition coefficient (Wildman–Crippen LogP) is 2.96. The third-order valence-corrected chi connectivity index (χ3v) is 9.96. The maximum atomic E-state index is 13.2. The Labute approximate surface area is 224 Å². The Morgan fingerprint density at radius 1 is 1.08 bits per heavy atom. The first-order valence-electron chi connectivity index (χ1n) is 13.3. The second kappa shape index (κ2) is 9.00. The molecule has 0 heterocycles. The molecule has 0 unspecified atom stereocenters. The van der Waals surface area contributed by atoms with Crippen molar-refractivity contribution in [2.75, 3.05) is 6.61 Å². The molecule has 4 aliphatic rings. The first kappa shape index (κ1) is 28.5. The summed E-state index contributed by atoms with van der Waals surface area (Å²) in [7, 11) is 0. The summed E-state index contributed by atoms with van der Waals surface area (Å²) >= 11 is 0. The van der Waals surface area contributed by atoms with Crippen LogP contribution in [0.1, 0.15) is 61.8 Å². The lowest BCUT2D eigenvalue weighted by Crippen LogP contribution is -2.66. The molecule has 0 aromatic heterocycles. The number of hydrogen-bond acceptors (Lipinski definition) is 8. The Bertz CT molecular complexity index is 1200. The van der Waals surface area contributed by atoms with Gasteiger partial charge in [0, 0.05) is 46.7 Å². The van der Waals surface area contributed by atoms with Gasteiger partial charge >= 0.3 is 11.9 Å². The summed E-state index contributed by atoms with van der Waals surface area (Å²) in [6, 6.07) is 0. The second-order valence-corrected chi connectivity index (χ2v) is 12.1. The monoisotopic (exact) mass is 528 g/mol. The number of Topliss-reactive ketones (excluding diaryl/α,β-unsaturated/α-hetero) is 1. The molecule has 4 aliphatic carbocycles. The normalized spacial score (nSPS) is 41.7. The quantitative estimate of drug-likeness (QED) is 0.282. The maximum absolute atomic E-state index is 13.2. The van der Waals surface area contributed by atoms with Gasteiger partial charge in [0.2, 0.25) is 0 Å². The van der Waals surface area contributed by atoms with Crippen LogP contribution in [0.2, 0.25) is 0 Å². The van der Waals surface area contributed by atoms with Crippen LogP contribution in [-0.4, -0.2) is 62.6 Å². The van der Waals surface area contributed by atoms with Crippen molar-refractivity contribution in [1.82, 2.24) is 0 Å². The molecule has 0 bridgehead atoms. The number of hydrogen-bond donors (Lipinski definition) is 3. The summed E-state index contributed by atoms with van der Waals surface area (Å²) in [6.45, 7) is 13.4. The lowest BCUT2D eigenvalue weighted by atomic mass is 9.59. The summed E-state index contributed by atoms with van der Waals surface area (Å²) in [5, 5.41) is 34.7. The van der Waals surface area contributed by atoms with E-state index in [-0.39, 0.29) is 6.42 Å². The van der Waals surface area contributed by atoms with Crippen molar-refractivity contribution in [3.05, 3.63) is 46.6 Å². The van der Waals surface area contributed by atoms with Crippen LogP contribution >= 0.6 is 0 Å². The number of aliphatic hydroxyl groups is 3. The van der Waals surface area contributed by atoms with E-state index in [0.717, 1.165) is 0 Å². The van der Waals surface area contributed by atoms with Crippen molar-refractivity contribution in [2.24, 2.45) is 29.1 Å². The van der Waals surface area contributed by atoms with Crippen molar-refractivity contribution < 1.29 is 39.2 Å². The molecule has 4 rings (SSSR count). The zero-order chi connectivity index (χ0) is 28.6. The lowest BCUT2D eigenvalue weighted by Gasteiger charge is -2.53. The number of allylic oxidation sites excluding steroid dienone is 2. The minimum atomic E-state index is -1.96. The van der Waals surface area contributed by atoms with Crippen molar-refractivity contribution in [1.29, 1.82) is 0 Å². The molecule has 8 atom stereocenters. The van der Waals surface area contributed by atoms with Gasteiger partial charge < -0.3 is 24.8 Å². The highest BCUT2D eigenvalue weighted by atomic mass is 16.6. The van der Waals surface area contributed by atoms with Crippen molar-refractivity contribution in [2.45, 2.75) is 84.7 Å². The van der Waals surface area contributed by atoms with Crippen molar-refractivity contribution in [3.8, 4) is 0 Å². The van der Waals surface area contributed by atoms with E-state index in [9.17, 15) is 29.7 Å². The van der Waals surface area contributed by atoms with Crippen molar-refractivity contribution in [3.63, 3.8) is 0 Å². The molecule has 0 aromatic carbocycles. The number of esters is 2. The van der Waals surface area contributed by atoms with Crippen LogP contribution in [0, 0.1) is 29.1 Å². The molecular weight excluding hydrogens is 488 g/mol. The molecule has 8 heteroatoms. The Morgan fingerprint density at radius 2 is 1.66 bits per heavy atom. The highest BCUT2D eigenvalue weighted by Crippen LogP contribution is 2.77. The maximum Gasteiger partial charge on any atom is 0.334 e. The average molecular weight is 529 g/mol. The van der Waals surface area contributed by atoms with Crippen LogP contribution in [0.25, 0.3) is 0 Å². The Hall–Kier alpha value is -2.55. The number of aliphatic hydroxyl groups excluding tert-OH is 1. The average Bonchev–Trinajstić information content (AvgIpc) is 3.30. The summed E-state index contributed by atoms with van der Waals surface area (Å²) in [5.74, 6) is -4.76. The van der Waals surface area contributed by atoms with E-state index in [1.54, 1.807) is 65.8 Å². The predicted molar refractivity (Wildman–Crippen MR) is 139 cm³/mol. The van der Waals surface area contributed by atoms with Crippen LogP contribution in [-0.2, 0) is 23.9 Å². The standard InChI is InChI=1S/C30H40O8/c1-9-15(3)25(33)37-24-18(6)29(36)20(22-27(7,8)30(22,24)38-26(34)16(4)10-2)12-19(14-31)13-28(35)21(29)11-17(5)23(28)32/h9-12,18,20-22,24,31,35-36H,13-14H2,1-8H3/b15-9+,16-10+/t18-,20+,21-,22-,24-,28-,29-,30-/m1/s1. The zero-order valence-electron chi connectivity index (χ0n) is 23.5. The fourth-order valence-corrected chi connectivity index (χ4v) is 7.50. The van der Waals surface area contributed by atoms with Crippen LogP contribution < -0.4 is 0 Å². The molecule has 0 aliphatic heterocycles. The molecule has 2 fully saturated rings. The van der Waals surface area contributed by atoms with Gasteiger partial charge in [-0.3, -0.25) is 4.79 Å². The molecule has 3 N–H and O–H groups in total. The van der Waals surface area contributed by atoms with E-state index in [4.69, 9.17) is 9.47 Å². The number of carbonyl (C=O) groups excluding carboxylic acids is 3. The number of fused-ring (bicyclic) bond motifs is 5. The fraction of sp³-hybridized carbons (Fsp3) is 0.633. The largest absolute Gasteiger partial charge is 0.454 e. The van der Waals surface area contributed by atoms with E-state index < -0.39 is 76.3 Å². The highest BCUT2D eigenvalue weighted by molar-refractivity contribution is 6.05. The van der Waals surface area contributed by atoms with Gasteiger partial charge in [-0.15, -0.1) is 0 Å². The van der Waals surface area contributed by atoms with E-state index in [1.807, 2.05) is 13.8 Å². The summed E-state index contributed by atoms with van der Waals surface area (Å²) in [5.41, 5.74) is -4.24. The van der Waals surface area contributed by atoms with Crippen LogP contribution in [0.3, 0.4) is 0 Å². The number of carbonyl (C=O) groups is 3. The number of ketones is 1. The van der Waals surface area contributed by atoms with Gasteiger partial charge in [0.1, 0.15) is 11.7 Å². The van der Waals surface area contributed by atoms with Crippen LogP contribution in [0.5, 0.6) is 0 Å². The SMILES string of the molecule is C/C=C(\C)C(=O)O[C@@H]1[C@@H](C)[C@@]2(O)[C@@H](C=C(CO)C[C@]3(O)C(=O)C(C)=C[C@@H]23)[C@@H]2C(C)(C)[C@]12OC(=O)/C(C)=C/C. The van der Waals surface area contributed by atoms with Gasteiger partial charge in [0.15, 0.2) is 11.4 Å². The molecule has 8 nitrogen and oxygen atoms in total. The fourth-order valence-electron chi connectivity index (χ4n) is 7.50. The third-order valence-electron chi connectivity index (χ3n) is 9.96. The molecule has 0 aromatic rings. The van der Waals surface area contributed by atoms with Gasteiger partial charge in [0.05, 0.1) is 12.2 Å². The van der Waals surface area contributed by atoms with E-state index in [0.29, 0.717) is 22.3 Å². The molecule has 0 radical (unpaired) electrons. The number of ether oxygens (including phenoxy) is 2. The van der Waals surface area contributed by atoms with E-state index >= 15 is 0 Å². The van der Waals surface area contributed by atoms with Crippen LogP contribution in [0.15, 0.2) is 46.6 Å². The zero-order valence-corrected chi connectivity index (χ0v) is 23.5. The molecule has 0 amide bonds. The first-order valence-corrected chi connectivity index (χ1v) is 13.3. The number of rotatable bonds is 5.